The van der Waals surface area contributed by atoms with Crippen molar-refractivity contribution in [3.8, 4) is 0 Å². The van der Waals surface area contributed by atoms with Gasteiger partial charge in [-0.05, 0) is 49.5 Å². The van der Waals surface area contributed by atoms with Gasteiger partial charge in [0.25, 0.3) is 0 Å². The second-order valence-electron chi connectivity index (χ2n) is 6.78. The van der Waals surface area contributed by atoms with Gasteiger partial charge in [0, 0.05) is 36.4 Å². The Morgan fingerprint density at radius 1 is 1.35 bits per heavy atom. The largest absolute Gasteiger partial charge is 0.358 e. The van der Waals surface area contributed by atoms with Crippen LogP contribution in [0.5, 0.6) is 0 Å². The first-order valence-electron chi connectivity index (χ1n) is 8.90. The van der Waals surface area contributed by atoms with Crippen molar-refractivity contribution in [3.05, 3.63) is 46.6 Å². The van der Waals surface area contributed by atoms with Crippen LogP contribution in [0.25, 0.3) is 0 Å². The molecule has 1 fully saturated rings. The van der Waals surface area contributed by atoms with E-state index in [2.05, 4.69) is 32.4 Å². The van der Waals surface area contributed by atoms with Gasteiger partial charge in [-0.2, -0.15) is 4.98 Å². The van der Waals surface area contributed by atoms with E-state index in [0.29, 0.717) is 23.5 Å². The maximum atomic E-state index is 6.17. The van der Waals surface area contributed by atoms with Crippen LogP contribution >= 0.6 is 23.8 Å². The van der Waals surface area contributed by atoms with Gasteiger partial charge < -0.3 is 15.5 Å². The normalized spacial score (nSPS) is 17.0. The minimum absolute atomic E-state index is 0.480. The summed E-state index contributed by atoms with van der Waals surface area (Å²) in [6.07, 6.45) is 2.48. The van der Waals surface area contributed by atoms with Crippen LogP contribution in [0.15, 0.2) is 30.3 Å². The Morgan fingerprint density at radius 2 is 2.15 bits per heavy atom. The Morgan fingerprint density at radius 3 is 2.92 bits per heavy atom. The number of thiocarbonyl (C=S) groups is 1. The molecule has 1 aromatic heterocycles. The second-order valence-corrected chi connectivity index (χ2v) is 7.60. The van der Waals surface area contributed by atoms with E-state index >= 15 is 0 Å². The number of hydrogen-bond donors (Lipinski definition) is 2. The number of nitrogens with zero attached hydrogens (tertiary/aromatic N) is 3. The molecule has 0 unspecified atom stereocenters. The first-order chi connectivity index (χ1) is 12.5. The van der Waals surface area contributed by atoms with Crippen molar-refractivity contribution in [2.24, 2.45) is 5.92 Å². The first-order valence-corrected chi connectivity index (χ1v) is 9.69. The molecule has 0 radical (unpaired) electrons. The molecule has 1 saturated heterocycles. The standard InChI is InChI=1S/C19H24ClN5S/c1-13-6-5-9-25(12-13)17-10-14(2)22-18(23-17)24-19(26)21-11-15-7-3-4-8-16(15)20/h3-4,7-8,10,13H,5-6,9,11-12H2,1-2H3,(H2,21,22,23,24,26)/t13-/m0/s1. The van der Waals surface area contributed by atoms with Crippen molar-refractivity contribution in [2.75, 3.05) is 23.3 Å². The molecule has 7 heteroatoms. The van der Waals surface area contributed by atoms with Crippen molar-refractivity contribution < 1.29 is 0 Å². The quantitative estimate of drug-likeness (QED) is 0.766. The molecule has 1 aliphatic heterocycles. The number of rotatable bonds is 4. The van der Waals surface area contributed by atoms with E-state index < -0.39 is 0 Å². The SMILES string of the molecule is Cc1cc(N2CCC[C@H](C)C2)nc(NC(=S)NCc2ccccc2Cl)n1. The number of benzene rings is 1. The third-order valence-corrected chi connectivity index (χ3v) is 5.06. The second kappa shape index (κ2) is 8.64. The summed E-state index contributed by atoms with van der Waals surface area (Å²) < 4.78 is 0. The average molecular weight is 390 g/mol. The van der Waals surface area contributed by atoms with Gasteiger partial charge >= 0.3 is 0 Å². The molecular formula is C19H24ClN5S. The van der Waals surface area contributed by atoms with Crippen LogP contribution in [0.3, 0.4) is 0 Å². The maximum absolute atomic E-state index is 6.17. The zero-order chi connectivity index (χ0) is 18.5. The van der Waals surface area contributed by atoms with Crippen LogP contribution in [0, 0.1) is 12.8 Å². The molecule has 2 N–H and O–H groups in total. The molecular weight excluding hydrogens is 366 g/mol. The number of aromatic nitrogens is 2. The highest BCUT2D eigenvalue weighted by molar-refractivity contribution is 7.80. The number of halogens is 1. The van der Waals surface area contributed by atoms with E-state index in [9.17, 15) is 0 Å². The Labute approximate surface area is 165 Å². The fourth-order valence-corrected chi connectivity index (χ4v) is 3.50. The maximum Gasteiger partial charge on any atom is 0.231 e. The molecule has 5 nitrogen and oxygen atoms in total. The minimum Gasteiger partial charge on any atom is -0.358 e. The van der Waals surface area contributed by atoms with Gasteiger partial charge in [0.1, 0.15) is 5.82 Å². The van der Waals surface area contributed by atoms with Crippen molar-refractivity contribution in [1.82, 2.24) is 15.3 Å². The summed E-state index contributed by atoms with van der Waals surface area (Å²) in [5, 5.41) is 7.45. The highest BCUT2D eigenvalue weighted by atomic mass is 35.5. The van der Waals surface area contributed by atoms with Gasteiger partial charge in [-0.3, -0.25) is 0 Å². The van der Waals surface area contributed by atoms with Crippen molar-refractivity contribution in [1.29, 1.82) is 0 Å². The van der Waals surface area contributed by atoms with E-state index in [1.807, 2.05) is 37.3 Å². The number of anilines is 2. The molecule has 2 aromatic rings. The van der Waals surface area contributed by atoms with E-state index in [4.69, 9.17) is 23.8 Å². The summed E-state index contributed by atoms with van der Waals surface area (Å²) in [5.41, 5.74) is 1.91. The molecule has 3 rings (SSSR count). The zero-order valence-corrected chi connectivity index (χ0v) is 16.7. The lowest BCUT2D eigenvalue weighted by Crippen LogP contribution is -2.35. The van der Waals surface area contributed by atoms with E-state index in [1.54, 1.807) is 0 Å². The fourth-order valence-electron chi connectivity index (χ4n) is 3.13. The van der Waals surface area contributed by atoms with Gasteiger partial charge in [0.15, 0.2) is 5.11 Å². The Hall–Kier alpha value is -1.92. The van der Waals surface area contributed by atoms with Gasteiger partial charge in [-0.1, -0.05) is 36.7 Å². The minimum atomic E-state index is 0.480. The van der Waals surface area contributed by atoms with Crippen LogP contribution in [-0.4, -0.2) is 28.2 Å². The van der Waals surface area contributed by atoms with Crippen LogP contribution in [-0.2, 0) is 6.54 Å². The van der Waals surface area contributed by atoms with E-state index in [1.165, 1.54) is 12.8 Å². The lowest BCUT2D eigenvalue weighted by Gasteiger charge is -2.32. The molecule has 0 spiro atoms. The predicted octanol–water partition coefficient (Wildman–Crippen LogP) is 4.16. The van der Waals surface area contributed by atoms with Crippen molar-refractivity contribution >= 4 is 40.7 Å². The molecule has 26 heavy (non-hydrogen) atoms. The third kappa shape index (κ3) is 5.05. The highest BCUT2D eigenvalue weighted by Crippen LogP contribution is 2.22. The third-order valence-electron chi connectivity index (χ3n) is 4.44. The fraction of sp³-hybridized carbons (Fsp3) is 0.421. The average Bonchev–Trinajstić information content (AvgIpc) is 2.60. The Bertz CT molecular complexity index is 782. The van der Waals surface area contributed by atoms with Crippen LogP contribution in [0.2, 0.25) is 5.02 Å². The number of piperidine rings is 1. The van der Waals surface area contributed by atoms with Crippen LogP contribution in [0.1, 0.15) is 31.0 Å². The summed E-state index contributed by atoms with van der Waals surface area (Å²) in [4.78, 5) is 11.4. The Balaban J connectivity index is 1.63. The van der Waals surface area contributed by atoms with E-state index in [-0.39, 0.29) is 0 Å². The molecule has 2 heterocycles. The predicted molar refractivity (Wildman–Crippen MR) is 112 cm³/mol. The van der Waals surface area contributed by atoms with Crippen LogP contribution < -0.4 is 15.5 Å². The summed E-state index contributed by atoms with van der Waals surface area (Å²) in [6, 6.07) is 9.73. The summed E-state index contributed by atoms with van der Waals surface area (Å²) in [6.45, 7) is 6.88. The molecule has 0 aliphatic carbocycles. The van der Waals surface area contributed by atoms with E-state index in [0.717, 1.165) is 35.2 Å². The van der Waals surface area contributed by atoms with Crippen molar-refractivity contribution in [2.45, 2.75) is 33.2 Å². The topological polar surface area (TPSA) is 53.1 Å². The molecule has 0 amide bonds. The van der Waals surface area contributed by atoms with Crippen LogP contribution in [0.4, 0.5) is 11.8 Å². The molecule has 0 bridgehead atoms. The molecule has 0 saturated carbocycles. The monoisotopic (exact) mass is 389 g/mol. The van der Waals surface area contributed by atoms with Crippen molar-refractivity contribution in [3.63, 3.8) is 0 Å². The number of hydrogen-bond acceptors (Lipinski definition) is 4. The summed E-state index contributed by atoms with van der Waals surface area (Å²) >= 11 is 11.6. The first kappa shape index (κ1) is 18.9. The van der Waals surface area contributed by atoms with Gasteiger partial charge in [0.05, 0.1) is 0 Å². The number of aryl methyl sites for hydroxylation is 1. The summed E-state index contributed by atoms with van der Waals surface area (Å²) in [5.74, 6) is 2.17. The smallest absolute Gasteiger partial charge is 0.231 e. The molecule has 1 atom stereocenters. The van der Waals surface area contributed by atoms with Gasteiger partial charge in [-0.15, -0.1) is 0 Å². The molecule has 1 aromatic carbocycles. The lowest BCUT2D eigenvalue weighted by atomic mass is 10.0. The Kier molecular flexibility index (Phi) is 6.27. The summed E-state index contributed by atoms with van der Waals surface area (Å²) in [7, 11) is 0. The molecule has 138 valence electrons. The molecule has 1 aliphatic rings. The highest BCUT2D eigenvalue weighted by Gasteiger charge is 2.18. The zero-order valence-electron chi connectivity index (χ0n) is 15.1. The van der Waals surface area contributed by atoms with Gasteiger partial charge in [-0.25, -0.2) is 4.98 Å². The lowest BCUT2D eigenvalue weighted by molar-refractivity contribution is 0.444. The number of nitrogens with one attached hydrogen (secondary N) is 2. The van der Waals surface area contributed by atoms with Gasteiger partial charge in [0.2, 0.25) is 5.95 Å².